The lowest BCUT2D eigenvalue weighted by Crippen LogP contribution is -2.18. The van der Waals surface area contributed by atoms with Gasteiger partial charge < -0.3 is 16.0 Å². The molecule has 2 aromatic carbocycles. The third-order valence-electron chi connectivity index (χ3n) is 5.15. The summed E-state index contributed by atoms with van der Waals surface area (Å²) < 4.78 is 0. The van der Waals surface area contributed by atoms with Gasteiger partial charge in [-0.1, -0.05) is 31.2 Å². The van der Waals surface area contributed by atoms with Gasteiger partial charge in [0.1, 0.15) is 0 Å². The highest BCUT2D eigenvalue weighted by atomic mass is 16.2. The van der Waals surface area contributed by atoms with Crippen LogP contribution in [0.1, 0.15) is 45.3 Å². The smallest absolute Gasteiger partial charge is 0.257 e. The van der Waals surface area contributed by atoms with E-state index >= 15 is 0 Å². The minimum Gasteiger partial charge on any atom is -0.366 e. The van der Waals surface area contributed by atoms with Crippen molar-refractivity contribution in [1.29, 1.82) is 0 Å². The van der Waals surface area contributed by atoms with Gasteiger partial charge >= 0.3 is 0 Å². The maximum Gasteiger partial charge on any atom is 0.257 e. The molecule has 0 radical (unpaired) electrons. The Bertz CT molecular complexity index is 1020. The molecule has 0 aliphatic heterocycles. The van der Waals surface area contributed by atoms with Crippen molar-refractivity contribution < 1.29 is 9.59 Å². The van der Waals surface area contributed by atoms with Crippen LogP contribution >= 0.6 is 0 Å². The quantitative estimate of drug-likeness (QED) is 0.675. The third-order valence-corrected chi connectivity index (χ3v) is 5.15. The van der Waals surface area contributed by atoms with Crippen molar-refractivity contribution in [3.05, 3.63) is 64.8 Å². The van der Waals surface area contributed by atoms with E-state index in [0.717, 1.165) is 30.2 Å². The zero-order valence-corrected chi connectivity index (χ0v) is 14.6. The number of hydrogen-bond acceptors (Lipinski definition) is 2. The predicted octanol–water partition coefficient (Wildman–Crippen LogP) is 3.64. The van der Waals surface area contributed by atoms with Gasteiger partial charge in [0.05, 0.1) is 22.3 Å². The Balaban J connectivity index is 1.73. The zero-order chi connectivity index (χ0) is 18.3. The molecule has 2 amide bonds. The largest absolute Gasteiger partial charge is 0.366 e. The molecule has 0 fully saturated rings. The van der Waals surface area contributed by atoms with Crippen LogP contribution in [0.15, 0.2) is 42.5 Å². The lowest BCUT2D eigenvalue weighted by Gasteiger charge is -2.17. The van der Waals surface area contributed by atoms with Gasteiger partial charge in [0.15, 0.2) is 0 Å². The molecule has 5 nitrogen and oxygen atoms in total. The molecule has 0 saturated heterocycles. The highest BCUT2D eigenvalue weighted by Crippen LogP contribution is 2.33. The molecule has 0 spiro atoms. The van der Waals surface area contributed by atoms with Gasteiger partial charge in [0, 0.05) is 11.1 Å². The molecule has 1 aliphatic rings. The molecule has 0 saturated carbocycles. The second-order valence-electron chi connectivity index (χ2n) is 7.02. The highest BCUT2D eigenvalue weighted by molar-refractivity contribution is 6.14. The number of aryl methyl sites for hydroxylation is 1. The van der Waals surface area contributed by atoms with E-state index in [9.17, 15) is 9.59 Å². The molecule has 26 heavy (non-hydrogen) atoms. The molecule has 1 aliphatic carbocycles. The standard InChI is InChI=1S/C21H21N3O2/c1-12-9-10-18-16(11-12)13-6-4-7-15(19(13)23-18)21(26)24-17-8-3-2-5-14(17)20(22)25/h2-8,12,23H,9-11H2,1H3,(H2,22,25)(H,24,26)/t12-/m1/s1. The van der Waals surface area contributed by atoms with Gasteiger partial charge in [-0.3, -0.25) is 9.59 Å². The van der Waals surface area contributed by atoms with Crippen LogP contribution in [0.3, 0.4) is 0 Å². The fraction of sp³-hybridized carbons (Fsp3) is 0.238. The number of benzene rings is 2. The first kappa shape index (κ1) is 16.4. The molecular formula is C21H21N3O2. The van der Waals surface area contributed by atoms with Crippen LogP contribution < -0.4 is 11.1 Å². The molecule has 1 heterocycles. The number of nitrogens with two attached hydrogens (primary N) is 1. The van der Waals surface area contributed by atoms with Crippen molar-refractivity contribution in [2.45, 2.75) is 26.2 Å². The van der Waals surface area contributed by atoms with Crippen molar-refractivity contribution >= 4 is 28.4 Å². The van der Waals surface area contributed by atoms with Crippen LogP contribution in [-0.2, 0) is 12.8 Å². The monoisotopic (exact) mass is 347 g/mol. The van der Waals surface area contributed by atoms with Crippen molar-refractivity contribution in [2.24, 2.45) is 11.7 Å². The number of primary amides is 1. The number of anilines is 1. The summed E-state index contributed by atoms with van der Waals surface area (Å²) >= 11 is 0. The van der Waals surface area contributed by atoms with E-state index in [0.29, 0.717) is 22.7 Å². The summed E-state index contributed by atoms with van der Waals surface area (Å²) in [6.07, 6.45) is 3.20. The number of aromatic amines is 1. The van der Waals surface area contributed by atoms with E-state index < -0.39 is 5.91 Å². The number of nitrogens with one attached hydrogen (secondary N) is 2. The highest BCUT2D eigenvalue weighted by Gasteiger charge is 2.22. The SMILES string of the molecule is C[C@@H]1CCc2[nH]c3c(C(=O)Nc4ccccc4C(N)=O)cccc3c2C1. The topological polar surface area (TPSA) is 88.0 Å². The van der Waals surface area contributed by atoms with Crippen LogP contribution in [-0.4, -0.2) is 16.8 Å². The van der Waals surface area contributed by atoms with E-state index in [1.807, 2.05) is 6.07 Å². The second kappa shape index (κ2) is 6.33. The summed E-state index contributed by atoms with van der Waals surface area (Å²) in [5.41, 5.74) is 10.1. The average Bonchev–Trinajstić information content (AvgIpc) is 2.99. The number of H-pyrrole nitrogens is 1. The van der Waals surface area contributed by atoms with E-state index in [2.05, 4.69) is 23.3 Å². The van der Waals surface area contributed by atoms with Crippen LogP contribution in [0.4, 0.5) is 5.69 Å². The Morgan fingerprint density at radius 3 is 2.69 bits per heavy atom. The Morgan fingerprint density at radius 2 is 1.88 bits per heavy atom. The van der Waals surface area contributed by atoms with E-state index in [1.54, 1.807) is 30.3 Å². The van der Waals surface area contributed by atoms with Crippen LogP contribution in [0.25, 0.3) is 10.9 Å². The van der Waals surface area contributed by atoms with Crippen LogP contribution in [0, 0.1) is 5.92 Å². The molecule has 4 rings (SSSR count). The van der Waals surface area contributed by atoms with Gasteiger partial charge in [0.2, 0.25) is 0 Å². The fourth-order valence-electron chi connectivity index (χ4n) is 3.80. The van der Waals surface area contributed by atoms with E-state index in [-0.39, 0.29) is 5.91 Å². The first-order valence-electron chi connectivity index (χ1n) is 8.87. The van der Waals surface area contributed by atoms with Crippen molar-refractivity contribution in [3.63, 3.8) is 0 Å². The number of para-hydroxylation sites is 2. The third kappa shape index (κ3) is 2.75. The molecule has 0 bridgehead atoms. The predicted molar refractivity (Wildman–Crippen MR) is 102 cm³/mol. The summed E-state index contributed by atoms with van der Waals surface area (Å²) in [5.74, 6) is -0.166. The van der Waals surface area contributed by atoms with Crippen molar-refractivity contribution in [3.8, 4) is 0 Å². The minimum absolute atomic E-state index is 0.254. The van der Waals surface area contributed by atoms with Gasteiger partial charge in [-0.15, -0.1) is 0 Å². The number of carbonyl (C=O) groups excluding carboxylic acids is 2. The molecule has 132 valence electrons. The number of amides is 2. The summed E-state index contributed by atoms with van der Waals surface area (Å²) in [6, 6.07) is 12.5. The van der Waals surface area contributed by atoms with Crippen LogP contribution in [0.5, 0.6) is 0 Å². The van der Waals surface area contributed by atoms with E-state index in [1.165, 1.54) is 11.3 Å². The summed E-state index contributed by atoms with van der Waals surface area (Å²) in [7, 11) is 0. The first-order chi connectivity index (χ1) is 12.5. The Kier molecular flexibility index (Phi) is 3.99. The number of hydrogen-bond donors (Lipinski definition) is 3. The Morgan fingerprint density at radius 1 is 1.12 bits per heavy atom. The number of aromatic nitrogens is 1. The average molecular weight is 347 g/mol. The molecule has 1 atom stereocenters. The van der Waals surface area contributed by atoms with Crippen molar-refractivity contribution in [1.82, 2.24) is 4.98 Å². The van der Waals surface area contributed by atoms with Gasteiger partial charge in [-0.05, 0) is 48.9 Å². The van der Waals surface area contributed by atoms with Crippen LogP contribution in [0.2, 0.25) is 0 Å². The Labute approximate surface area is 151 Å². The molecule has 3 aromatic rings. The number of carbonyl (C=O) groups is 2. The maximum atomic E-state index is 12.9. The minimum atomic E-state index is -0.566. The van der Waals surface area contributed by atoms with Gasteiger partial charge in [-0.25, -0.2) is 0 Å². The zero-order valence-electron chi connectivity index (χ0n) is 14.6. The molecular weight excluding hydrogens is 326 g/mol. The lowest BCUT2D eigenvalue weighted by molar-refractivity contribution is 0.100. The van der Waals surface area contributed by atoms with Gasteiger partial charge in [0.25, 0.3) is 11.8 Å². The molecule has 5 heteroatoms. The normalized spacial score (nSPS) is 16.3. The molecule has 4 N–H and O–H groups in total. The first-order valence-corrected chi connectivity index (χ1v) is 8.87. The lowest BCUT2D eigenvalue weighted by atomic mass is 9.87. The van der Waals surface area contributed by atoms with Gasteiger partial charge in [-0.2, -0.15) is 0 Å². The number of rotatable bonds is 3. The summed E-state index contributed by atoms with van der Waals surface area (Å²) in [4.78, 5) is 27.9. The van der Waals surface area contributed by atoms with Crippen molar-refractivity contribution in [2.75, 3.05) is 5.32 Å². The second-order valence-corrected chi connectivity index (χ2v) is 7.02. The number of fused-ring (bicyclic) bond motifs is 3. The molecule has 0 unspecified atom stereocenters. The molecule has 1 aromatic heterocycles. The van der Waals surface area contributed by atoms with E-state index in [4.69, 9.17) is 5.73 Å². The summed E-state index contributed by atoms with van der Waals surface area (Å²) in [6.45, 7) is 2.26. The summed E-state index contributed by atoms with van der Waals surface area (Å²) in [5, 5.41) is 3.94. The Hall–Kier alpha value is -3.08. The maximum absolute atomic E-state index is 12.9. The fourth-order valence-corrected chi connectivity index (χ4v) is 3.80.